The molecule has 0 aromatic heterocycles. The van der Waals surface area contributed by atoms with Gasteiger partial charge in [0.25, 0.3) is 0 Å². The Balaban J connectivity index is 3.90. The number of unbranched alkanes of at least 4 members (excludes halogenated alkanes) is 23. The van der Waals surface area contributed by atoms with E-state index in [4.69, 9.17) is 9.84 Å². The van der Waals surface area contributed by atoms with E-state index >= 15 is 0 Å². The molecule has 0 aromatic rings. The monoisotopic (exact) mass is 690 g/mol. The number of hydrogen-bond donors (Lipinski definition) is 2. The summed E-state index contributed by atoms with van der Waals surface area (Å²) in [6, 6.07) is 0. The van der Waals surface area contributed by atoms with Crippen molar-refractivity contribution in [3.8, 4) is 0 Å². The molecule has 0 aliphatic rings. The Morgan fingerprint density at radius 2 is 0.939 bits per heavy atom. The van der Waals surface area contributed by atoms with Gasteiger partial charge in [0.05, 0.1) is 0 Å². The summed E-state index contributed by atoms with van der Waals surface area (Å²) in [4.78, 5) is 34.8. The lowest BCUT2D eigenvalue weighted by molar-refractivity contribution is -0.150. The lowest BCUT2D eigenvalue weighted by atomic mass is 10.0. The average Bonchev–Trinajstić information content (AvgIpc) is 3.08. The molecular weight excluding hydrogens is 610 g/mol. The minimum atomic E-state index is -1.02. The van der Waals surface area contributed by atoms with Crippen LogP contribution in [0.2, 0.25) is 0 Å². The Hall–Kier alpha value is -2.11. The quantitative estimate of drug-likeness (QED) is 0.0382. The maximum Gasteiger partial charge on any atom is 0.322 e. The number of allylic oxidation sites excluding steroid dienone is 4. The molecule has 6 nitrogen and oxygen atoms in total. The zero-order valence-corrected chi connectivity index (χ0v) is 32.3. The molecule has 0 saturated carbocycles. The summed E-state index contributed by atoms with van der Waals surface area (Å²) in [6.45, 7) is 4.20. The largest absolute Gasteiger partial charge is 0.480 e. The number of carbonyl (C=O) groups excluding carboxylic acids is 2. The van der Waals surface area contributed by atoms with Crippen LogP contribution < -0.4 is 5.32 Å². The molecule has 0 aliphatic carbocycles. The van der Waals surface area contributed by atoms with Crippen molar-refractivity contribution in [2.24, 2.45) is 0 Å². The van der Waals surface area contributed by atoms with Gasteiger partial charge in [-0.25, -0.2) is 0 Å². The van der Waals surface area contributed by atoms with E-state index in [0.717, 1.165) is 70.6 Å². The minimum absolute atomic E-state index is 0.0220. The van der Waals surface area contributed by atoms with E-state index in [1.54, 1.807) is 0 Å². The van der Waals surface area contributed by atoms with Crippen molar-refractivity contribution in [3.63, 3.8) is 0 Å². The van der Waals surface area contributed by atoms with Gasteiger partial charge < -0.3 is 15.2 Å². The first-order valence-electron chi connectivity index (χ1n) is 21.0. The fourth-order valence-corrected chi connectivity index (χ4v) is 6.25. The molecule has 0 bridgehead atoms. The highest BCUT2D eigenvalue weighted by Crippen LogP contribution is 2.19. The smallest absolute Gasteiger partial charge is 0.322 e. The molecule has 0 radical (unpaired) electrons. The molecule has 0 fully saturated rings. The highest BCUT2D eigenvalue weighted by atomic mass is 16.5. The van der Waals surface area contributed by atoms with Crippen molar-refractivity contribution in [2.45, 2.75) is 225 Å². The molecule has 2 N–H and O–H groups in total. The molecule has 0 aliphatic heterocycles. The van der Waals surface area contributed by atoms with E-state index in [0.29, 0.717) is 12.8 Å². The predicted molar refractivity (Wildman–Crippen MR) is 208 cm³/mol. The molecule has 286 valence electrons. The van der Waals surface area contributed by atoms with Gasteiger partial charge >= 0.3 is 11.9 Å². The van der Waals surface area contributed by atoms with Gasteiger partial charge in [0.2, 0.25) is 5.91 Å². The summed E-state index contributed by atoms with van der Waals surface area (Å²) >= 11 is 0. The van der Waals surface area contributed by atoms with Crippen LogP contribution in [0.5, 0.6) is 0 Å². The van der Waals surface area contributed by atoms with Gasteiger partial charge in [0, 0.05) is 12.8 Å². The molecule has 49 heavy (non-hydrogen) atoms. The van der Waals surface area contributed by atoms with Crippen molar-refractivity contribution in [3.05, 3.63) is 24.3 Å². The van der Waals surface area contributed by atoms with Crippen LogP contribution in [-0.4, -0.2) is 35.6 Å². The van der Waals surface area contributed by atoms with E-state index in [2.05, 4.69) is 43.5 Å². The molecule has 0 saturated heterocycles. The molecule has 1 atom stereocenters. The number of amides is 1. The number of hydrogen-bond acceptors (Lipinski definition) is 4. The first-order chi connectivity index (χ1) is 24.0. The highest BCUT2D eigenvalue weighted by molar-refractivity contribution is 5.80. The Morgan fingerprint density at radius 1 is 0.531 bits per heavy atom. The topological polar surface area (TPSA) is 92.7 Å². The zero-order valence-electron chi connectivity index (χ0n) is 32.3. The maximum absolute atomic E-state index is 12.7. The second-order valence-electron chi connectivity index (χ2n) is 14.2. The summed E-state index contributed by atoms with van der Waals surface area (Å²) in [7, 11) is 0. The molecule has 1 amide bonds. The Bertz CT molecular complexity index is 808. The number of nitrogens with one attached hydrogen (secondary N) is 1. The summed E-state index contributed by atoms with van der Waals surface area (Å²) < 4.78 is 5.98. The second kappa shape index (κ2) is 38.7. The van der Waals surface area contributed by atoms with Gasteiger partial charge in [-0.05, 0) is 70.6 Å². The molecule has 1 unspecified atom stereocenters. The summed E-state index contributed by atoms with van der Waals surface area (Å²) in [5.41, 5.74) is 0. The van der Waals surface area contributed by atoms with Crippen molar-refractivity contribution in [2.75, 3.05) is 6.54 Å². The highest BCUT2D eigenvalue weighted by Gasteiger charge is 2.14. The van der Waals surface area contributed by atoms with E-state index in [-0.39, 0.29) is 24.5 Å². The van der Waals surface area contributed by atoms with Crippen LogP contribution in [0, 0.1) is 0 Å². The third kappa shape index (κ3) is 38.5. The molecular formula is C43H79NO5. The van der Waals surface area contributed by atoms with E-state index in [1.807, 2.05) is 0 Å². The van der Waals surface area contributed by atoms with Crippen LogP contribution in [-0.2, 0) is 19.1 Å². The van der Waals surface area contributed by atoms with Crippen LogP contribution in [0.3, 0.4) is 0 Å². The van der Waals surface area contributed by atoms with E-state index < -0.39 is 5.97 Å². The predicted octanol–water partition coefficient (Wildman–Crippen LogP) is 12.7. The lowest BCUT2D eigenvalue weighted by Crippen LogP contribution is -2.28. The van der Waals surface area contributed by atoms with Crippen LogP contribution in [0.1, 0.15) is 219 Å². The standard InChI is InChI=1S/C43H79NO5/c1-3-5-7-9-11-12-13-14-15-16-17-18-19-20-21-22-23-24-25-30-34-38-43(48)49-40(35-31-27-10-8-6-4-2)36-32-28-26-29-33-37-41(45)44-39-42(46)47/h13-14,16-17,40H,3-12,15,18-39H2,1-2H3,(H,44,45)(H,46,47)/b14-13-,17-16-. The summed E-state index contributed by atoms with van der Waals surface area (Å²) in [6.07, 6.45) is 46.0. The SMILES string of the molecule is CCCCCCC/C=C\C/C=C\CCCCCCCCCCCC(=O)OC(CCCCCCCC)CCCCCCCC(=O)NCC(=O)O. The summed E-state index contributed by atoms with van der Waals surface area (Å²) in [5.74, 6) is -1.23. The van der Waals surface area contributed by atoms with Gasteiger partial charge in [-0.1, -0.05) is 160 Å². The number of ether oxygens (including phenoxy) is 1. The normalized spacial score (nSPS) is 12.2. The Labute approximate surface area is 303 Å². The van der Waals surface area contributed by atoms with Gasteiger partial charge in [0.15, 0.2) is 0 Å². The zero-order chi connectivity index (χ0) is 35.9. The average molecular weight is 690 g/mol. The molecule has 0 heterocycles. The fraction of sp³-hybridized carbons (Fsp3) is 0.837. The first-order valence-corrected chi connectivity index (χ1v) is 21.0. The van der Waals surface area contributed by atoms with E-state index in [9.17, 15) is 14.4 Å². The van der Waals surface area contributed by atoms with Gasteiger partial charge in [0.1, 0.15) is 12.6 Å². The van der Waals surface area contributed by atoms with Crippen molar-refractivity contribution in [1.82, 2.24) is 5.32 Å². The Morgan fingerprint density at radius 3 is 1.41 bits per heavy atom. The minimum Gasteiger partial charge on any atom is -0.480 e. The number of carbonyl (C=O) groups is 3. The number of esters is 1. The van der Waals surface area contributed by atoms with Crippen molar-refractivity contribution >= 4 is 17.8 Å². The first kappa shape index (κ1) is 46.9. The second-order valence-corrected chi connectivity index (χ2v) is 14.2. The lowest BCUT2D eigenvalue weighted by Gasteiger charge is -2.18. The number of aliphatic carboxylic acids is 1. The van der Waals surface area contributed by atoms with Crippen LogP contribution >= 0.6 is 0 Å². The van der Waals surface area contributed by atoms with Crippen molar-refractivity contribution < 1.29 is 24.2 Å². The fourth-order valence-electron chi connectivity index (χ4n) is 6.25. The molecule has 0 spiro atoms. The van der Waals surface area contributed by atoms with Gasteiger partial charge in [-0.3, -0.25) is 14.4 Å². The number of carboxylic acids is 1. The van der Waals surface area contributed by atoms with Crippen molar-refractivity contribution in [1.29, 1.82) is 0 Å². The van der Waals surface area contributed by atoms with Gasteiger partial charge in [-0.15, -0.1) is 0 Å². The number of carboxylic acid groups (broad SMARTS) is 1. The molecule has 0 rings (SSSR count). The molecule has 0 aromatic carbocycles. The summed E-state index contributed by atoms with van der Waals surface area (Å²) in [5, 5.41) is 11.1. The van der Waals surface area contributed by atoms with Gasteiger partial charge in [-0.2, -0.15) is 0 Å². The molecule has 6 heteroatoms. The van der Waals surface area contributed by atoms with Crippen LogP contribution in [0.4, 0.5) is 0 Å². The third-order valence-electron chi connectivity index (χ3n) is 9.38. The van der Waals surface area contributed by atoms with Crippen LogP contribution in [0.25, 0.3) is 0 Å². The van der Waals surface area contributed by atoms with Crippen LogP contribution in [0.15, 0.2) is 24.3 Å². The van der Waals surface area contributed by atoms with E-state index in [1.165, 1.54) is 122 Å². The Kier molecular flexibility index (Phi) is 37.0. The maximum atomic E-state index is 12.7. The third-order valence-corrected chi connectivity index (χ3v) is 9.38. The number of rotatable bonds is 38.